The number of aliphatic hydroxyl groups is 1. The standard InChI is InChI=1S/C16H26N2O2/c1-4-16(2,3)18-15(20)11-17-14(12-19)10-13-8-6-5-7-9-13/h5-9,14,17,19H,4,10-12H2,1-3H3,(H,18,20). The van der Waals surface area contributed by atoms with E-state index in [4.69, 9.17) is 0 Å². The van der Waals surface area contributed by atoms with Gasteiger partial charge in [0.1, 0.15) is 0 Å². The molecule has 0 saturated carbocycles. The largest absolute Gasteiger partial charge is 0.395 e. The molecule has 0 aliphatic carbocycles. The maximum atomic E-state index is 11.8. The molecule has 0 spiro atoms. The van der Waals surface area contributed by atoms with E-state index in [1.165, 1.54) is 0 Å². The van der Waals surface area contributed by atoms with Crippen LogP contribution in [0, 0.1) is 0 Å². The van der Waals surface area contributed by atoms with Crippen molar-refractivity contribution in [3.63, 3.8) is 0 Å². The Morgan fingerprint density at radius 2 is 1.95 bits per heavy atom. The molecule has 1 amide bonds. The van der Waals surface area contributed by atoms with Gasteiger partial charge in [0.05, 0.1) is 13.2 Å². The van der Waals surface area contributed by atoms with Crippen molar-refractivity contribution in [2.75, 3.05) is 13.2 Å². The summed E-state index contributed by atoms with van der Waals surface area (Å²) in [4.78, 5) is 11.8. The molecule has 20 heavy (non-hydrogen) atoms. The lowest BCUT2D eigenvalue weighted by Gasteiger charge is -2.25. The van der Waals surface area contributed by atoms with Crippen molar-refractivity contribution in [1.82, 2.24) is 10.6 Å². The third-order valence-corrected chi connectivity index (χ3v) is 3.46. The fraction of sp³-hybridized carbons (Fsp3) is 0.562. The van der Waals surface area contributed by atoms with Gasteiger partial charge in [0.15, 0.2) is 0 Å². The summed E-state index contributed by atoms with van der Waals surface area (Å²) < 4.78 is 0. The molecule has 4 heteroatoms. The summed E-state index contributed by atoms with van der Waals surface area (Å²) in [7, 11) is 0. The Labute approximate surface area is 121 Å². The molecule has 0 heterocycles. The molecule has 4 nitrogen and oxygen atoms in total. The number of nitrogens with one attached hydrogen (secondary N) is 2. The summed E-state index contributed by atoms with van der Waals surface area (Å²) in [6.45, 7) is 6.28. The minimum absolute atomic E-state index is 0.0132. The third kappa shape index (κ3) is 6.17. The van der Waals surface area contributed by atoms with E-state index in [0.29, 0.717) is 6.42 Å². The topological polar surface area (TPSA) is 61.4 Å². The highest BCUT2D eigenvalue weighted by atomic mass is 16.3. The predicted molar refractivity (Wildman–Crippen MR) is 81.5 cm³/mol. The van der Waals surface area contributed by atoms with Gasteiger partial charge in [-0.1, -0.05) is 37.3 Å². The van der Waals surface area contributed by atoms with Crippen molar-refractivity contribution < 1.29 is 9.90 Å². The molecular formula is C16H26N2O2. The van der Waals surface area contributed by atoms with Crippen molar-refractivity contribution in [3.05, 3.63) is 35.9 Å². The maximum absolute atomic E-state index is 11.8. The normalized spacial score (nSPS) is 13.0. The lowest BCUT2D eigenvalue weighted by Crippen LogP contribution is -2.48. The average molecular weight is 278 g/mol. The predicted octanol–water partition coefficient (Wildman–Crippen LogP) is 1.48. The van der Waals surface area contributed by atoms with E-state index >= 15 is 0 Å². The summed E-state index contributed by atoms with van der Waals surface area (Å²) in [5, 5.41) is 15.5. The fourth-order valence-electron chi connectivity index (χ4n) is 1.85. The molecule has 0 fully saturated rings. The van der Waals surface area contributed by atoms with E-state index in [2.05, 4.69) is 10.6 Å². The average Bonchev–Trinajstić information content (AvgIpc) is 2.44. The SMILES string of the molecule is CCC(C)(C)NC(=O)CNC(CO)Cc1ccccc1. The minimum Gasteiger partial charge on any atom is -0.395 e. The van der Waals surface area contributed by atoms with Crippen LogP contribution in [0.15, 0.2) is 30.3 Å². The molecule has 1 rings (SSSR count). The van der Waals surface area contributed by atoms with Crippen LogP contribution in [-0.2, 0) is 11.2 Å². The van der Waals surface area contributed by atoms with Crippen molar-refractivity contribution in [2.45, 2.75) is 45.2 Å². The summed E-state index contributed by atoms with van der Waals surface area (Å²) in [5.41, 5.74) is 0.959. The highest BCUT2D eigenvalue weighted by molar-refractivity contribution is 5.78. The number of hydrogen-bond acceptors (Lipinski definition) is 3. The van der Waals surface area contributed by atoms with Crippen LogP contribution in [0.5, 0.6) is 0 Å². The zero-order chi connectivity index (χ0) is 15.0. The second kappa shape index (κ2) is 8.02. The van der Waals surface area contributed by atoms with Crippen LogP contribution in [0.2, 0.25) is 0 Å². The van der Waals surface area contributed by atoms with Crippen LogP contribution in [0.25, 0.3) is 0 Å². The Hall–Kier alpha value is -1.39. The molecule has 1 atom stereocenters. The Morgan fingerprint density at radius 3 is 2.50 bits per heavy atom. The van der Waals surface area contributed by atoms with Crippen LogP contribution in [-0.4, -0.2) is 35.7 Å². The van der Waals surface area contributed by atoms with E-state index in [-0.39, 0.29) is 30.6 Å². The van der Waals surface area contributed by atoms with Gasteiger partial charge in [-0.2, -0.15) is 0 Å². The van der Waals surface area contributed by atoms with Gasteiger partial charge in [-0.15, -0.1) is 0 Å². The maximum Gasteiger partial charge on any atom is 0.234 e. The van der Waals surface area contributed by atoms with Crippen LogP contribution in [0.1, 0.15) is 32.8 Å². The van der Waals surface area contributed by atoms with Crippen molar-refractivity contribution in [1.29, 1.82) is 0 Å². The molecule has 112 valence electrons. The third-order valence-electron chi connectivity index (χ3n) is 3.46. The van der Waals surface area contributed by atoms with E-state index in [0.717, 1.165) is 12.0 Å². The first-order valence-electron chi connectivity index (χ1n) is 7.16. The van der Waals surface area contributed by atoms with Crippen LogP contribution in [0.4, 0.5) is 0 Å². The molecule has 0 aromatic heterocycles. The molecule has 1 aromatic rings. The number of amides is 1. The molecule has 0 saturated heterocycles. The van der Waals surface area contributed by atoms with Gasteiger partial charge >= 0.3 is 0 Å². The van der Waals surface area contributed by atoms with Gasteiger partial charge in [0.2, 0.25) is 5.91 Å². The van der Waals surface area contributed by atoms with Crippen LogP contribution in [0.3, 0.4) is 0 Å². The van der Waals surface area contributed by atoms with Gasteiger partial charge in [-0.3, -0.25) is 4.79 Å². The van der Waals surface area contributed by atoms with Gasteiger partial charge in [-0.25, -0.2) is 0 Å². The summed E-state index contributed by atoms with van der Waals surface area (Å²) in [6, 6.07) is 9.84. The van der Waals surface area contributed by atoms with Crippen molar-refractivity contribution in [3.8, 4) is 0 Å². The fourth-order valence-corrected chi connectivity index (χ4v) is 1.85. The van der Waals surface area contributed by atoms with Gasteiger partial charge in [-0.05, 0) is 32.3 Å². The summed E-state index contributed by atoms with van der Waals surface area (Å²) in [5.74, 6) is -0.0386. The Morgan fingerprint density at radius 1 is 1.30 bits per heavy atom. The number of rotatable bonds is 8. The molecule has 0 radical (unpaired) electrons. The lowest BCUT2D eigenvalue weighted by molar-refractivity contribution is -0.122. The van der Waals surface area contributed by atoms with Crippen molar-refractivity contribution >= 4 is 5.91 Å². The van der Waals surface area contributed by atoms with E-state index in [1.54, 1.807) is 0 Å². The smallest absolute Gasteiger partial charge is 0.234 e. The number of carbonyl (C=O) groups excluding carboxylic acids is 1. The van der Waals surface area contributed by atoms with Gasteiger partial charge in [0.25, 0.3) is 0 Å². The molecule has 1 aromatic carbocycles. The van der Waals surface area contributed by atoms with E-state index in [1.807, 2.05) is 51.1 Å². The first kappa shape index (κ1) is 16.7. The van der Waals surface area contributed by atoms with E-state index in [9.17, 15) is 9.90 Å². The highest BCUT2D eigenvalue weighted by Gasteiger charge is 2.18. The number of hydrogen-bond donors (Lipinski definition) is 3. The van der Waals surface area contributed by atoms with Crippen molar-refractivity contribution in [2.24, 2.45) is 0 Å². The summed E-state index contributed by atoms with van der Waals surface area (Å²) >= 11 is 0. The number of carbonyl (C=O) groups is 1. The Kier molecular flexibility index (Phi) is 6.68. The lowest BCUT2D eigenvalue weighted by atomic mass is 10.0. The molecule has 0 bridgehead atoms. The molecule has 0 aliphatic heterocycles. The van der Waals surface area contributed by atoms with Gasteiger partial charge in [0, 0.05) is 11.6 Å². The Bertz CT molecular complexity index is 404. The molecule has 1 unspecified atom stereocenters. The molecular weight excluding hydrogens is 252 g/mol. The second-order valence-electron chi connectivity index (χ2n) is 5.74. The van der Waals surface area contributed by atoms with E-state index < -0.39 is 0 Å². The molecule has 0 aliphatic rings. The number of benzene rings is 1. The number of aliphatic hydroxyl groups excluding tert-OH is 1. The Balaban J connectivity index is 2.40. The zero-order valence-electron chi connectivity index (χ0n) is 12.6. The quantitative estimate of drug-likeness (QED) is 0.675. The van der Waals surface area contributed by atoms with Gasteiger partial charge < -0.3 is 15.7 Å². The first-order valence-corrected chi connectivity index (χ1v) is 7.16. The zero-order valence-corrected chi connectivity index (χ0v) is 12.6. The van der Waals surface area contributed by atoms with Crippen LogP contribution < -0.4 is 10.6 Å². The second-order valence-corrected chi connectivity index (χ2v) is 5.74. The minimum atomic E-state index is -0.188. The summed E-state index contributed by atoms with van der Waals surface area (Å²) in [6.07, 6.45) is 1.59. The van der Waals surface area contributed by atoms with Crippen LogP contribution >= 0.6 is 0 Å². The highest BCUT2D eigenvalue weighted by Crippen LogP contribution is 2.06. The first-order chi connectivity index (χ1) is 9.46. The monoisotopic (exact) mass is 278 g/mol. The molecule has 3 N–H and O–H groups in total.